The number of para-hydroxylation sites is 1. The molecule has 1 rings (SSSR count). The Kier molecular flexibility index (Phi) is 6.35. The van der Waals surface area contributed by atoms with Crippen molar-refractivity contribution in [1.29, 1.82) is 0 Å². The van der Waals surface area contributed by atoms with Crippen molar-refractivity contribution in [2.45, 2.75) is 51.9 Å². The Hall–Kier alpha value is -0.940. The summed E-state index contributed by atoms with van der Waals surface area (Å²) in [5.41, 5.74) is 7.14. The molecule has 120 valence electrons. The molecule has 0 aliphatic carbocycles. The van der Waals surface area contributed by atoms with Crippen LogP contribution >= 0.6 is 11.6 Å². The van der Waals surface area contributed by atoms with Gasteiger partial charge in [0.05, 0.1) is 10.7 Å². The smallest absolute Gasteiger partial charge is 0.359 e. The highest BCUT2D eigenvalue weighted by Crippen LogP contribution is 2.34. The second-order valence-corrected chi connectivity index (χ2v) is 5.86. The monoisotopic (exact) mass is 322 g/mol. The third-order valence-electron chi connectivity index (χ3n) is 3.34. The molecule has 0 amide bonds. The lowest BCUT2D eigenvalue weighted by Crippen LogP contribution is -2.40. The van der Waals surface area contributed by atoms with Crippen LogP contribution in [0.5, 0.6) is 0 Å². The minimum Gasteiger partial charge on any atom is -0.359 e. The summed E-state index contributed by atoms with van der Waals surface area (Å²) in [6.45, 7) is 4.37. The Bertz CT molecular complexity index is 461. The molecule has 6 heteroatoms. The van der Waals surface area contributed by atoms with Gasteiger partial charge in [0.15, 0.2) is 0 Å². The quantitative estimate of drug-likeness (QED) is 0.841. The first-order chi connectivity index (χ1) is 9.65. The maximum Gasteiger partial charge on any atom is 0.405 e. The first-order valence-corrected chi connectivity index (χ1v) is 7.39. The number of anilines is 1. The molecule has 0 saturated heterocycles. The first kappa shape index (κ1) is 18.1. The van der Waals surface area contributed by atoms with Crippen LogP contribution < -0.4 is 10.6 Å². The highest BCUT2D eigenvalue weighted by molar-refractivity contribution is 6.33. The largest absolute Gasteiger partial charge is 0.405 e. The van der Waals surface area contributed by atoms with Crippen molar-refractivity contribution in [3.8, 4) is 0 Å². The third-order valence-corrected chi connectivity index (χ3v) is 3.64. The normalized spacial score (nSPS) is 13.6. The van der Waals surface area contributed by atoms with Gasteiger partial charge in [-0.1, -0.05) is 30.7 Å². The van der Waals surface area contributed by atoms with Crippen molar-refractivity contribution in [3.05, 3.63) is 28.8 Å². The Balaban J connectivity index is 3.23. The average molecular weight is 323 g/mol. The van der Waals surface area contributed by atoms with Gasteiger partial charge in [-0.25, -0.2) is 0 Å². The van der Waals surface area contributed by atoms with Crippen LogP contribution in [0.4, 0.5) is 18.9 Å². The summed E-state index contributed by atoms with van der Waals surface area (Å²) in [5.74, 6) is 0. The molecule has 21 heavy (non-hydrogen) atoms. The SMILES string of the molecule is CCC(N)Cc1cccc(Cl)c1N(CC(F)(F)F)C(C)C. The predicted octanol–water partition coefficient (Wildman–Crippen LogP) is 4.40. The van der Waals surface area contributed by atoms with E-state index in [-0.39, 0.29) is 12.1 Å². The maximum absolute atomic E-state index is 12.8. The van der Waals surface area contributed by atoms with E-state index in [0.717, 1.165) is 12.0 Å². The second-order valence-electron chi connectivity index (χ2n) is 5.46. The molecular weight excluding hydrogens is 301 g/mol. The summed E-state index contributed by atoms with van der Waals surface area (Å²) in [6.07, 6.45) is -3.02. The molecule has 1 atom stereocenters. The van der Waals surface area contributed by atoms with Crippen LogP contribution in [0.1, 0.15) is 32.8 Å². The highest BCUT2D eigenvalue weighted by atomic mass is 35.5. The molecule has 0 saturated carbocycles. The van der Waals surface area contributed by atoms with Crippen molar-refractivity contribution in [1.82, 2.24) is 0 Å². The van der Waals surface area contributed by atoms with Gasteiger partial charge in [-0.05, 0) is 38.3 Å². The Morgan fingerprint density at radius 3 is 2.38 bits per heavy atom. The Morgan fingerprint density at radius 1 is 1.29 bits per heavy atom. The van der Waals surface area contributed by atoms with Crippen LogP contribution in [-0.2, 0) is 6.42 Å². The van der Waals surface area contributed by atoms with Gasteiger partial charge in [-0.3, -0.25) is 0 Å². The fraction of sp³-hybridized carbons (Fsp3) is 0.600. The lowest BCUT2D eigenvalue weighted by atomic mass is 10.0. The zero-order valence-electron chi connectivity index (χ0n) is 12.5. The Morgan fingerprint density at radius 2 is 1.90 bits per heavy atom. The number of hydrogen-bond acceptors (Lipinski definition) is 2. The first-order valence-electron chi connectivity index (χ1n) is 7.02. The van der Waals surface area contributed by atoms with Crippen molar-refractivity contribution in [2.24, 2.45) is 5.73 Å². The molecule has 0 spiro atoms. The van der Waals surface area contributed by atoms with E-state index in [9.17, 15) is 13.2 Å². The molecule has 1 aromatic carbocycles. The van der Waals surface area contributed by atoms with E-state index in [1.807, 2.05) is 6.92 Å². The van der Waals surface area contributed by atoms with Gasteiger partial charge in [0.1, 0.15) is 6.54 Å². The molecular formula is C15H22ClF3N2. The van der Waals surface area contributed by atoms with Crippen LogP contribution in [0.15, 0.2) is 18.2 Å². The molecule has 0 aliphatic rings. The van der Waals surface area contributed by atoms with Gasteiger partial charge >= 0.3 is 6.18 Å². The van der Waals surface area contributed by atoms with Gasteiger partial charge in [0.2, 0.25) is 0 Å². The number of nitrogens with two attached hydrogens (primary N) is 1. The molecule has 1 unspecified atom stereocenters. The molecule has 0 aliphatic heterocycles. The zero-order chi connectivity index (χ0) is 16.2. The molecule has 0 heterocycles. The lowest BCUT2D eigenvalue weighted by molar-refractivity contribution is -0.120. The van der Waals surface area contributed by atoms with E-state index >= 15 is 0 Å². The second kappa shape index (κ2) is 7.36. The maximum atomic E-state index is 12.8. The van der Waals surface area contributed by atoms with Gasteiger partial charge in [0.25, 0.3) is 0 Å². The van der Waals surface area contributed by atoms with E-state index in [1.54, 1.807) is 32.0 Å². The Labute approximate surface area is 129 Å². The van der Waals surface area contributed by atoms with Crippen LogP contribution in [0.2, 0.25) is 5.02 Å². The predicted molar refractivity (Wildman–Crippen MR) is 82.0 cm³/mol. The summed E-state index contributed by atoms with van der Waals surface area (Å²) >= 11 is 6.17. The van der Waals surface area contributed by atoms with Crippen LogP contribution in [-0.4, -0.2) is 24.8 Å². The fourth-order valence-corrected chi connectivity index (χ4v) is 2.49. The molecule has 0 fully saturated rings. The summed E-state index contributed by atoms with van der Waals surface area (Å²) in [5, 5.41) is 0.328. The van der Waals surface area contributed by atoms with Gasteiger partial charge in [-0.2, -0.15) is 13.2 Å². The highest BCUT2D eigenvalue weighted by Gasteiger charge is 2.33. The molecule has 0 aromatic heterocycles. The average Bonchev–Trinajstić information content (AvgIpc) is 2.35. The topological polar surface area (TPSA) is 29.3 Å². The van der Waals surface area contributed by atoms with Crippen LogP contribution in [0.3, 0.4) is 0 Å². The van der Waals surface area contributed by atoms with Crippen LogP contribution in [0.25, 0.3) is 0 Å². The zero-order valence-corrected chi connectivity index (χ0v) is 13.3. The summed E-state index contributed by atoms with van der Waals surface area (Å²) < 4.78 is 38.5. The number of benzene rings is 1. The molecule has 0 bridgehead atoms. The minimum absolute atomic E-state index is 0.0953. The summed E-state index contributed by atoms with van der Waals surface area (Å²) in [6, 6.07) is 4.74. The summed E-state index contributed by atoms with van der Waals surface area (Å²) in [4.78, 5) is 1.29. The van der Waals surface area contributed by atoms with E-state index < -0.39 is 12.7 Å². The lowest BCUT2D eigenvalue weighted by Gasteiger charge is -2.33. The molecule has 0 radical (unpaired) electrons. The van der Waals surface area contributed by atoms with Crippen molar-refractivity contribution in [2.75, 3.05) is 11.4 Å². The minimum atomic E-state index is -4.28. The van der Waals surface area contributed by atoms with Gasteiger partial charge in [0, 0.05) is 12.1 Å². The van der Waals surface area contributed by atoms with Gasteiger partial charge < -0.3 is 10.6 Å². The van der Waals surface area contributed by atoms with Crippen LogP contribution in [0, 0.1) is 0 Å². The summed E-state index contributed by atoms with van der Waals surface area (Å²) in [7, 11) is 0. The van der Waals surface area contributed by atoms with E-state index in [0.29, 0.717) is 17.1 Å². The molecule has 2 N–H and O–H groups in total. The van der Waals surface area contributed by atoms with Gasteiger partial charge in [-0.15, -0.1) is 0 Å². The number of hydrogen-bond donors (Lipinski definition) is 1. The number of halogens is 4. The standard InChI is InChI=1S/C15H22ClF3N2/c1-4-12(20)8-11-6-5-7-13(16)14(11)21(10(2)3)9-15(17,18)19/h5-7,10,12H,4,8-9,20H2,1-3H3. The molecule has 1 aromatic rings. The van der Waals surface area contributed by atoms with E-state index in [4.69, 9.17) is 17.3 Å². The van der Waals surface area contributed by atoms with E-state index in [1.165, 1.54) is 4.90 Å². The van der Waals surface area contributed by atoms with Crippen molar-refractivity contribution >= 4 is 17.3 Å². The number of alkyl halides is 3. The van der Waals surface area contributed by atoms with Crippen molar-refractivity contribution < 1.29 is 13.2 Å². The molecule has 2 nitrogen and oxygen atoms in total. The number of nitrogens with zero attached hydrogens (tertiary/aromatic N) is 1. The number of rotatable bonds is 6. The van der Waals surface area contributed by atoms with E-state index in [2.05, 4.69) is 0 Å². The van der Waals surface area contributed by atoms with Crippen molar-refractivity contribution in [3.63, 3.8) is 0 Å². The fourth-order valence-electron chi connectivity index (χ4n) is 2.19. The third kappa shape index (κ3) is 5.40.